The van der Waals surface area contributed by atoms with Crippen LogP contribution in [0.4, 0.5) is 30.2 Å². The number of nitrogens with zero attached hydrogens (tertiary/aromatic N) is 2. The second-order valence-electron chi connectivity index (χ2n) is 6.59. The van der Waals surface area contributed by atoms with Crippen molar-refractivity contribution in [2.45, 2.75) is 12.3 Å². The van der Waals surface area contributed by atoms with Gasteiger partial charge in [-0.25, -0.2) is 4.98 Å². The average Bonchev–Trinajstić information content (AvgIpc) is 3.44. The van der Waals surface area contributed by atoms with E-state index in [1.807, 2.05) is 59.2 Å². The topological polar surface area (TPSA) is 120 Å². The number of rotatable bonds is 5. The zero-order valence-electron chi connectivity index (χ0n) is 17.0. The van der Waals surface area contributed by atoms with E-state index in [0.29, 0.717) is 5.69 Å². The fraction of sp³-hybridized carbons (Fsp3) is 0.143. The number of carboxylic acid groups (broad SMARTS) is 1. The number of nitrogens with one attached hydrogen (secondary N) is 1. The Kier molecular flexibility index (Phi) is 7.53. The zero-order valence-corrected chi connectivity index (χ0v) is 17.8. The molecule has 0 saturated carbocycles. The minimum atomic E-state index is -5.19. The Hall–Kier alpha value is -3.61. The molecule has 33 heavy (non-hydrogen) atoms. The van der Waals surface area contributed by atoms with Gasteiger partial charge in [0.05, 0.1) is 5.51 Å². The van der Waals surface area contributed by atoms with Gasteiger partial charge in [-0.05, 0) is 17.7 Å². The number of quaternary nitrogens is 1. The molecule has 0 saturated heterocycles. The minimum absolute atomic E-state index is 0.211. The number of aliphatic carboxylic acids is 1. The summed E-state index contributed by atoms with van der Waals surface area (Å²) in [7, 11) is 1.53. The number of hydrogen-bond acceptors (Lipinski definition) is 7. The van der Waals surface area contributed by atoms with E-state index in [-0.39, 0.29) is 5.91 Å². The first-order chi connectivity index (χ1) is 15.7. The normalized spacial score (nSPS) is 13.3. The van der Waals surface area contributed by atoms with Crippen molar-refractivity contribution in [1.82, 2.24) is 4.98 Å². The number of ether oxygens (including phenoxy) is 1. The van der Waals surface area contributed by atoms with Crippen molar-refractivity contribution >= 4 is 46.1 Å². The van der Waals surface area contributed by atoms with Gasteiger partial charge >= 0.3 is 6.18 Å². The second-order valence-corrected chi connectivity index (χ2v) is 7.31. The largest absolute Gasteiger partial charge is 0.542 e. The van der Waals surface area contributed by atoms with Gasteiger partial charge in [-0.15, -0.1) is 11.3 Å². The van der Waals surface area contributed by atoms with Crippen LogP contribution >= 0.6 is 11.3 Å². The maximum absolute atomic E-state index is 12.6. The average molecular weight is 478 g/mol. The summed E-state index contributed by atoms with van der Waals surface area (Å²) in [6.45, 7) is 0. The predicted molar refractivity (Wildman–Crippen MR) is 112 cm³/mol. The van der Waals surface area contributed by atoms with Gasteiger partial charge in [0, 0.05) is 24.2 Å². The van der Waals surface area contributed by atoms with Gasteiger partial charge < -0.3 is 20.0 Å². The lowest BCUT2D eigenvalue weighted by Crippen LogP contribution is -2.80. The number of thiazole rings is 1. The van der Waals surface area contributed by atoms with Crippen LogP contribution in [0.5, 0.6) is 0 Å². The van der Waals surface area contributed by atoms with Crippen LogP contribution in [0.2, 0.25) is 0 Å². The molecule has 0 bridgehead atoms. The molecule has 2 heterocycles. The van der Waals surface area contributed by atoms with Crippen molar-refractivity contribution < 1.29 is 37.9 Å². The van der Waals surface area contributed by atoms with Crippen LogP contribution in [0.3, 0.4) is 0 Å². The van der Waals surface area contributed by atoms with E-state index in [1.165, 1.54) is 18.4 Å². The van der Waals surface area contributed by atoms with Crippen molar-refractivity contribution in [2.24, 2.45) is 4.99 Å². The first-order valence-electron chi connectivity index (χ1n) is 9.32. The highest BCUT2D eigenvalue weighted by Gasteiger charge is 2.29. The summed E-state index contributed by atoms with van der Waals surface area (Å²) in [5, 5.41) is 15.6. The number of fused-ring (bicyclic) bond motifs is 1. The highest BCUT2D eigenvalue weighted by molar-refractivity contribution is 7.07. The number of halogens is 3. The van der Waals surface area contributed by atoms with Gasteiger partial charge in [0.1, 0.15) is 11.7 Å². The summed E-state index contributed by atoms with van der Waals surface area (Å²) in [4.78, 5) is 30.3. The summed E-state index contributed by atoms with van der Waals surface area (Å²) < 4.78 is 36.9. The molecule has 1 aromatic heterocycles. The van der Waals surface area contributed by atoms with Gasteiger partial charge in [0.25, 0.3) is 11.7 Å². The molecule has 4 rings (SSSR count). The van der Waals surface area contributed by atoms with Gasteiger partial charge in [-0.1, -0.05) is 30.3 Å². The lowest BCUT2D eigenvalue weighted by molar-refractivity contribution is -0.437. The number of amides is 1. The highest BCUT2D eigenvalue weighted by Crippen LogP contribution is 2.29. The summed E-state index contributed by atoms with van der Waals surface area (Å²) in [6.07, 6.45) is -5.85. The van der Waals surface area contributed by atoms with E-state index in [1.54, 1.807) is 5.51 Å². The van der Waals surface area contributed by atoms with E-state index < -0.39 is 18.2 Å². The fourth-order valence-electron chi connectivity index (χ4n) is 2.86. The molecule has 1 atom stereocenters. The number of alkyl halides is 3. The Labute approximate surface area is 189 Å². The summed E-state index contributed by atoms with van der Waals surface area (Å²) in [5.41, 5.74) is 6.00. The van der Waals surface area contributed by atoms with Crippen molar-refractivity contribution in [2.75, 3.05) is 12.4 Å². The molecular weight excluding hydrogens is 461 g/mol. The standard InChI is InChI=1S/C19H16N4O2S.C2HF3O2/c1-25-17(12-5-3-2-4-6-12)19(24)21-13-7-8-14-15(9-13)23-18(22-14)16-10-26-11-20-16;3-2(4,5)1(6)7/h2-11,17H,1H3,(H,21,24)(H,22,23);(H,6,7). The number of anilines is 1. The first kappa shape index (κ1) is 24.0. The van der Waals surface area contributed by atoms with Crippen LogP contribution in [-0.2, 0) is 14.3 Å². The van der Waals surface area contributed by atoms with Crippen molar-refractivity contribution in [1.29, 1.82) is 0 Å². The molecule has 3 N–H and O–H groups in total. The van der Waals surface area contributed by atoms with Crippen LogP contribution in [0.15, 0.2) is 64.4 Å². The van der Waals surface area contributed by atoms with Crippen LogP contribution in [0, 0.1) is 0 Å². The molecule has 1 aliphatic heterocycles. The van der Waals surface area contributed by atoms with E-state index in [9.17, 15) is 18.0 Å². The molecule has 0 spiro atoms. The number of methoxy groups -OCH3 is 1. The number of nitrogens with two attached hydrogens (primary N) is 1. The third kappa shape index (κ3) is 6.22. The number of amidine groups is 1. The van der Waals surface area contributed by atoms with Crippen molar-refractivity contribution in [3.05, 3.63) is 70.7 Å². The Morgan fingerprint density at radius 2 is 1.88 bits per heavy atom. The van der Waals surface area contributed by atoms with Gasteiger partial charge in [-0.2, -0.15) is 18.2 Å². The monoisotopic (exact) mass is 478 g/mol. The minimum Gasteiger partial charge on any atom is -0.542 e. The second kappa shape index (κ2) is 10.3. The molecule has 8 nitrogen and oxygen atoms in total. The molecule has 0 aliphatic carbocycles. The molecule has 1 amide bonds. The number of benzene rings is 2. The number of hydrogen-bond donors (Lipinski definition) is 2. The molecule has 1 unspecified atom stereocenters. The van der Waals surface area contributed by atoms with Crippen molar-refractivity contribution in [3.8, 4) is 0 Å². The van der Waals surface area contributed by atoms with Crippen LogP contribution in [0.1, 0.15) is 17.4 Å². The lowest BCUT2D eigenvalue weighted by Gasteiger charge is -2.15. The molecule has 172 valence electrons. The number of aromatic nitrogens is 1. The van der Waals surface area contributed by atoms with E-state index in [4.69, 9.17) is 14.6 Å². The predicted octanol–water partition coefficient (Wildman–Crippen LogP) is 2.05. The smallest absolute Gasteiger partial charge is 0.430 e. The third-order valence-corrected chi connectivity index (χ3v) is 4.92. The van der Waals surface area contributed by atoms with Crippen LogP contribution in [0.25, 0.3) is 0 Å². The van der Waals surface area contributed by atoms with E-state index in [0.717, 1.165) is 28.5 Å². The molecule has 1 aliphatic rings. The molecule has 0 fully saturated rings. The SMILES string of the molecule is COC(C(=O)Nc1ccc2c(c1)[NH2+]C(c1cscn1)=N2)c1ccccc1.O=C([O-])C(F)(F)F. The molecule has 2 aromatic carbocycles. The Balaban J connectivity index is 0.000000383. The Morgan fingerprint density at radius 1 is 1.18 bits per heavy atom. The van der Waals surface area contributed by atoms with Gasteiger partial charge in [0.15, 0.2) is 17.5 Å². The molecular formula is C21H17F3N4O4S. The summed E-state index contributed by atoms with van der Waals surface area (Å²) >= 11 is 1.54. The number of carboxylic acids is 1. The maximum atomic E-state index is 12.6. The highest BCUT2D eigenvalue weighted by atomic mass is 32.1. The summed E-state index contributed by atoms with van der Waals surface area (Å²) in [6, 6.07) is 15.1. The number of aliphatic imine (C=N–C) groups is 1. The Morgan fingerprint density at radius 3 is 2.45 bits per heavy atom. The fourth-order valence-corrected chi connectivity index (χ4v) is 3.41. The van der Waals surface area contributed by atoms with Crippen LogP contribution in [-0.4, -0.2) is 36.0 Å². The number of carbonyl (C=O) groups excluding carboxylic acids is 2. The quantitative estimate of drug-likeness (QED) is 0.544. The van der Waals surface area contributed by atoms with Crippen LogP contribution < -0.4 is 15.7 Å². The Bertz CT molecular complexity index is 1150. The first-order valence-corrected chi connectivity index (χ1v) is 10.3. The molecule has 3 aromatic rings. The van der Waals surface area contributed by atoms with Gasteiger partial charge in [-0.3, -0.25) is 10.1 Å². The van der Waals surface area contributed by atoms with E-state index in [2.05, 4.69) is 15.3 Å². The van der Waals surface area contributed by atoms with Gasteiger partial charge in [0.2, 0.25) is 0 Å². The third-order valence-electron chi connectivity index (χ3n) is 4.33. The lowest BCUT2D eigenvalue weighted by atomic mass is 10.1. The zero-order chi connectivity index (χ0) is 24.0. The maximum Gasteiger partial charge on any atom is 0.430 e. The number of carbonyl (C=O) groups is 2. The summed E-state index contributed by atoms with van der Waals surface area (Å²) in [5.74, 6) is -2.38. The molecule has 0 radical (unpaired) electrons. The molecule has 12 heteroatoms. The van der Waals surface area contributed by atoms with Crippen molar-refractivity contribution in [3.63, 3.8) is 0 Å². The van der Waals surface area contributed by atoms with E-state index >= 15 is 0 Å².